The van der Waals surface area contributed by atoms with Crippen molar-refractivity contribution in [2.45, 2.75) is 6.54 Å². The minimum Gasteiger partial charge on any atom is -0.482 e. The summed E-state index contributed by atoms with van der Waals surface area (Å²) in [5, 5.41) is 4.82. The van der Waals surface area contributed by atoms with E-state index in [1.807, 2.05) is 46.3 Å². The molecule has 34 heavy (non-hydrogen) atoms. The van der Waals surface area contributed by atoms with E-state index in [0.717, 1.165) is 16.8 Å². The van der Waals surface area contributed by atoms with Crippen LogP contribution >= 0.6 is 11.3 Å². The van der Waals surface area contributed by atoms with Gasteiger partial charge in [0, 0.05) is 10.9 Å². The van der Waals surface area contributed by atoms with Crippen LogP contribution in [0.25, 0.3) is 11.3 Å². The zero-order valence-electron chi connectivity index (χ0n) is 17.8. The van der Waals surface area contributed by atoms with Gasteiger partial charge in [-0.1, -0.05) is 18.2 Å². The van der Waals surface area contributed by atoms with Gasteiger partial charge in [0.05, 0.1) is 17.9 Å². The molecule has 0 spiro atoms. The lowest BCUT2D eigenvalue weighted by Crippen LogP contribution is -2.25. The fourth-order valence-electron chi connectivity index (χ4n) is 3.91. The fraction of sp³-hybridized carbons (Fsp3) is 0.120. The second-order valence-corrected chi connectivity index (χ2v) is 8.62. The number of rotatable bonds is 4. The molecule has 2 aliphatic rings. The first-order valence-electron chi connectivity index (χ1n) is 10.6. The number of amides is 1. The highest BCUT2D eigenvalue weighted by atomic mass is 32.1. The lowest BCUT2D eigenvalue weighted by Gasteiger charge is -2.19. The number of ether oxygens (including phenoxy) is 3. The molecule has 0 atom stereocenters. The van der Waals surface area contributed by atoms with E-state index in [4.69, 9.17) is 14.2 Å². The summed E-state index contributed by atoms with van der Waals surface area (Å²) in [6, 6.07) is 17.8. The molecule has 0 fully saturated rings. The third-order valence-electron chi connectivity index (χ3n) is 5.55. The Morgan fingerprint density at radius 2 is 1.85 bits per heavy atom. The van der Waals surface area contributed by atoms with Crippen molar-refractivity contribution >= 4 is 28.6 Å². The maximum atomic E-state index is 14.4. The Labute approximate surface area is 197 Å². The highest BCUT2D eigenvalue weighted by molar-refractivity contribution is 7.07. The number of anilines is 1. The molecular formula is C25H18FN3O4S. The number of nitrogens with zero attached hydrogens (tertiary/aromatic N) is 2. The minimum absolute atomic E-state index is 0.000575. The van der Waals surface area contributed by atoms with Crippen molar-refractivity contribution in [2.75, 3.05) is 18.7 Å². The monoisotopic (exact) mass is 475 g/mol. The van der Waals surface area contributed by atoms with Gasteiger partial charge >= 0.3 is 0 Å². The van der Waals surface area contributed by atoms with Crippen molar-refractivity contribution in [3.05, 3.63) is 82.2 Å². The maximum absolute atomic E-state index is 14.4. The van der Waals surface area contributed by atoms with Gasteiger partial charge in [0.15, 0.2) is 22.9 Å². The number of carbonyl (C=O) groups excluding carboxylic acids is 1. The van der Waals surface area contributed by atoms with E-state index in [1.165, 1.54) is 17.4 Å². The number of aromatic nitrogens is 1. The van der Waals surface area contributed by atoms with E-state index >= 15 is 0 Å². The summed E-state index contributed by atoms with van der Waals surface area (Å²) in [5.74, 6) is 1.44. The first-order valence-corrected chi connectivity index (χ1v) is 11.5. The lowest BCUT2D eigenvalue weighted by molar-refractivity contribution is -0.118. The molecule has 3 heterocycles. The van der Waals surface area contributed by atoms with E-state index in [1.54, 1.807) is 18.2 Å². The fourth-order valence-corrected chi connectivity index (χ4v) is 4.83. The summed E-state index contributed by atoms with van der Waals surface area (Å²) in [5.41, 5.74) is 3.61. The quantitative estimate of drug-likeness (QED) is 0.465. The molecule has 1 N–H and O–H groups in total. The van der Waals surface area contributed by atoms with Crippen molar-refractivity contribution in [1.82, 2.24) is 4.57 Å². The molecule has 0 bridgehead atoms. The van der Waals surface area contributed by atoms with Crippen molar-refractivity contribution < 1.29 is 23.4 Å². The summed E-state index contributed by atoms with van der Waals surface area (Å²) in [7, 11) is 0. The van der Waals surface area contributed by atoms with Crippen LogP contribution in [0.5, 0.6) is 17.2 Å². The van der Waals surface area contributed by atoms with Crippen LogP contribution < -0.4 is 24.3 Å². The molecule has 3 aromatic carbocycles. The van der Waals surface area contributed by atoms with Gasteiger partial charge in [0.1, 0.15) is 17.3 Å². The largest absolute Gasteiger partial charge is 0.482 e. The van der Waals surface area contributed by atoms with Crippen molar-refractivity contribution in [3.63, 3.8) is 0 Å². The summed E-state index contributed by atoms with van der Waals surface area (Å²) in [4.78, 5) is 17.0. The van der Waals surface area contributed by atoms with E-state index in [9.17, 15) is 9.18 Å². The van der Waals surface area contributed by atoms with Crippen LogP contribution in [0.1, 0.15) is 5.56 Å². The predicted molar refractivity (Wildman–Crippen MR) is 125 cm³/mol. The van der Waals surface area contributed by atoms with Crippen LogP contribution in [-0.2, 0) is 11.3 Å². The van der Waals surface area contributed by atoms with Gasteiger partial charge < -0.3 is 24.1 Å². The minimum atomic E-state index is -0.388. The number of fused-ring (bicyclic) bond motifs is 2. The average Bonchev–Trinajstić information content (AvgIpc) is 3.47. The molecular weight excluding hydrogens is 457 g/mol. The molecule has 0 radical (unpaired) electrons. The van der Waals surface area contributed by atoms with Crippen molar-refractivity contribution in [3.8, 4) is 28.5 Å². The molecule has 1 amide bonds. The van der Waals surface area contributed by atoms with Crippen LogP contribution in [0.4, 0.5) is 15.8 Å². The Balaban J connectivity index is 1.47. The van der Waals surface area contributed by atoms with E-state index in [2.05, 4.69) is 10.3 Å². The molecule has 2 aliphatic heterocycles. The number of benzene rings is 3. The Morgan fingerprint density at radius 3 is 2.76 bits per heavy atom. The summed E-state index contributed by atoms with van der Waals surface area (Å²) in [6.07, 6.45) is 0. The number of carbonyl (C=O) groups is 1. The summed E-state index contributed by atoms with van der Waals surface area (Å²) >= 11 is 1.41. The Hall–Kier alpha value is -4.11. The lowest BCUT2D eigenvalue weighted by atomic mass is 10.1. The Morgan fingerprint density at radius 1 is 1.00 bits per heavy atom. The number of hydrogen-bond donors (Lipinski definition) is 1. The predicted octanol–water partition coefficient (Wildman–Crippen LogP) is 4.70. The number of para-hydroxylation sites is 1. The van der Waals surface area contributed by atoms with Gasteiger partial charge in [0.2, 0.25) is 6.79 Å². The third kappa shape index (κ3) is 3.80. The standard InChI is InChI=1S/C25H18FN3O4S/c26-17-3-1-2-4-18(17)28-25-29(11-15-5-7-22-23(9-15)33-14-32-22)20(13-34-25)16-6-8-21-19(10-16)27-24(30)12-31-21/h1-10,13H,11-12,14H2,(H,27,30). The molecule has 6 rings (SSSR count). The van der Waals surface area contributed by atoms with Crippen molar-refractivity contribution in [1.29, 1.82) is 0 Å². The first kappa shape index (κ1) is 20.5. The topological polar surface area (TPSA) is 74.1 Å². The molecule has 0 saturated heterocycles. The molecule has 0 saturated carbocycles. The van der Waals surface area contributed by atoms with Gasteiger partial charge in [-0.25, -0.2) is 9.38 Å². The van der Waals surface area contributed by atoms with Crippen LogP contribution in [-0.4, -0.2) is 23.9 Å². The van der Waals surface area contributed by atoms with Crippen LogP contribution in [0.3, 0.4) is 0 Å². The highest BCUT2D eigenvalue weighted by Crippen LogP contribution is 2.35. The zero-order chi connectivity index (χ0) is 23.1. The molecule has 0 aliphatic carbocycles. The van der Waals surface area contributed by atoms with E-state index in [-0.39, 0.29) is 30.8 Å². The second-order valence-electron chi connectivity index (χ2n) is 7.79. The van der Waals surface area contributed by atoms with Gasteiger partial charge in [-0.3, -0.25) is 4.79 Å². The summed E-state index contributed by atoms with van der Waals surface area (Å²) < 4.78 is 32.8. The summed E-state index contributed by atoms with van der Waals surface area (Å²) in [6.45, 7) is 0.676. The molecule has 0 unspecified atom stereocenters. The molecule has 4 aromatic rings. The number of halogens is 1. The third-order valence-corrected chi connectivity index (χ3v) is 6.42. The first-order chi connectivity index (χ1) is 16.6. The van der Waals surface area contributed by atoms with Gasteiger partial charge in [0.25, 0.3) is 5.91 Å². The SMILES string of the molecule is O=C1COc2ccc(-c3csc(=Nc4ccccc4F)n3Cc3ccc4c(c3)OCO4)cc2N1. The maximum Gasteiger partial charge on any atom is 0.262 e. The normalized spacial score (nSPS) is 14.5. The van der Waals surface area contributed by atoms with E-state index in [0.29, 0.717) is 34.3 Å². The molecule has 9 heteroatoms. The molecule has 170 valence electrons. The average molecular weight is 476 g/mol. The number of thiazole rings is 1. The number of hydrogen-bond acceptors (Lipinski definition) is 6. The Kier molecular flexibility index (Phi) is 5.03. The van der Waals surface area contributed by atoms with E-state index < -0.39 is 0 Å². The van der Waals surface area contributed by atoms with Gasteiger partial charge in [-0.2, -0.15) is 0 Å². The second kappa shape index (κ2) is 8.35. The zero-order valence-corrected chi connectivity index (χ0v) is 18.6. The smallest absolute Gasteiger partial charge is 0.262 e. The van der Waals surface area contributed by atoms with Crippen molar-refractivity contribution in [2.24, 2.45) is 4.99 Å². The van der Waals surface area contributed by atoms with Gasteiger partial charge in [-0.05, 0) is 48.0 Å². The number of nitrogens with one attached hydrogen (secondary N) is 1. The van der Waals surface area contributed by atoms with Crippen LogP contribution in [0.15, 0.2) is 71.0 Å². The Bertz CT molecular complexity index is 1490. The van der Waals surface area contributed by atoms with Gasteiger partial charge in [-0.15, -0.1) is 11.3 Å². The van der Waals surface area contributed by atoms with Crippen LogP contribution in [0.2, 0.25) is 0 Å². The molecule has 7 nitrogen and oxygen atoms in total. The highest BCUT2D eigenvalue weighted by Gasteiger charge is 2.19. The van der Waals surface area contributed by atoms with Crippen LogP contribution in [0, 0.1) is 5.82 Å². The molecule has 1 aromatic heterocycles.